The normalized spacial score (nSPS) is 16.7. The van der Waals surface area contributed by atoms with Crippen LogP contribution in [-0.4, -0.2) is 19.6 Å². The molecule has 0 saturated heterocycles. The van der Waals surface area contributed by atoms with Crippen LogP contribution in [0, 0.1) is 11.7 Å². The van der Waals surface area contributed by atoms with Gasteiger partial charge in [-0.15, -0.1) is 0 Å². The van der Waals surface area contributed by atoms with Crippen molar-refractivity contribution in [2.45, 2.75) is 45.7 Å². The number of nitrogens with one attached hydrogen (secondary N) is 1. The Morgan fingerprint density at radius 2 is 2.00 bits per heavy atom. The van der Waals surface area contributed by atoms with Crippen molar-refractivity contribution in [2.75, 3.05) is 18.5 Å². The van der Waals surface area contributed by atoms with E-state index >= 15 is 0 Å². The number of rotatable bonds is 6. The van der Waals surface area contributed by atoms with E-state index in [0.29, 0.717) is 12.0 Å². The van der Waals surface area contributed by atoms with Crippen LogP contribution in [0.1, 0.15) is 45.2 Å². The van der Waals surface area contributed by atoms with Crippen LogP contribution in [0.2, 0.25) is 0 Å². The molecule has 0 heterocycles. The summed E-state index contributed by atoms with van der Waals surface area (Å²) in [4.78, 5) is 2.24. The first kappa shape index (κ1) is 14.3. The molecule has 1 saturated carbocycles. The average molecular weight is 264 g/mol. The lowest BCUT2D eigenvalue weighted by molar-refractivity contribution is 0.572. The Hall–Kier alpha value is -1.09. The second-order valence-electron chi connectivity index (χ2n) is 6.00. The molecule has 2 rings (SSSR count). The maximum Gasteiger partial charge on any atom is 0.146 e. The number of anilines is 1. The third-order valence-corrected chi connectivity index (χ3v) is 3.76. The summed E-state index contributed by atoms with van der Waals surface area (Å²) >= 11 is 0. The Balaban J connectivity index is 2.22. The van der Waals surface area contributed by atoms with Gasteiger partial charge in [0.05, 0.1) is 5.69 Å². The Bertz CT molecular complexity index is 427. The molecular weight excluding hydrogens is 239 g/mol. The predicted molar refractivity (Wildman–Crippen MR) is 79.1 cm³/mol. The molecule has 3 heteroatoms. The van der Waals surface area contributed by atoms with Crippen LogP contribution in [0.25, 0.3) is 0 Å². The van der Waals surface area contributed by atoms with Crippen LogP contribution in [0.4, 0.5) is 10.1 Å². The number of hydrogen-bond donors (Lipinski definition) is 1. The third kappa shape index (κ3) is 3.47. The van der Waals surface area contributed by atoms with Gasteiger partial charge in [0, 0.05) is 18.6 Å². The molecule has 0 spiro atoms. The zero-order valence-corrected chi connectivity index (χ0v) is 12.4. The summed E-state index contributed by atoms with van der Waals surface area (Å²) < 4.78 is 14.4. The summed E-state index contributed by atoms with van der Waals surface area (Å²) in [6.07, 6.45) is 2.39. The highest BCUT2D eigenvalue weighted by Gasteiger charge is 2.31. The summed E-state index contributed by atoms with van der Waals surface area (Å²) in [6.45, 7) is 7.35. The molecule has 0 aliphatic heterocycles. The van der Waals surface area contributed by atoms with Gasteiger partial charge in [-0.1, -0.05) is 19.9 Å². The maximum absolute atomic E-state index is 14.4. The molecule has 1 aliphatic carbocycles. The number of benzene rings is 1. The zero-order valence-electron chi connectivity index (χ0n) is 12.4. The SMILES string of the molecule is CNC(C)c1ccc(N(CC(C)C)C2CC2)c(F)c1. The summed E-state index contributed by atoms with van der Waals surface area (Å²) in [7, 11) is 1.89. The molecule has 19 heavy (non-hydrogen) atoms. The highest BCUT2D eigenvalue weighted by atomic mass is 19.1. The monoisotopic (exact) mass is 264 g/mol. The van der Waals surface area contributed by atoms with Crippen molar-refractivity contribution in [3.8, 4) is 0 Å². The first-order valence-electron chi connectivity index (χ1n) is 7.26. The zero-order chi connectivity index (χ0) is 14.0. The molecule has 0 amide bonds. The maximum atomic E-state index is 14.4. The molecule has 1 atom stereocenters. The Morgan fingerprint density at radius 1 is 1.32 bits per heavy atom. The van der Waals surface area contributed by atoms with Gasteiger partial charge in [-0.3, -0.25) is 0 Å². The van der Waals surface area contributed by atoms with Crippen molar-refractivity contribution in [1.29, 1.82) is 0 Å². The van der Waals surface area contributed by atoms with E-state index in [4.69, 9.17) is 0 Å². The Kier molecular flexibility index (Phi) is 4.46. The highest BCUT2D eigenvalue weighted by molar-refractivity contribution is 5.51. The fraction of sp³-hybridized carbons (Fsp3) is 0.625. The van der Waals surface area contributed by atoms with Gasteiger partial charge in [0.1, 0.15) is 5.82 Å². The minimum absolute atomic E-state index is 0.0906. The van der Waals surface area contributed by atoms with Crippen molar-refractivity contribution in [3.05, 3.63) is 29.6 Å². The van der Waals surface area contributed by atoms with E-state index in [1.165, 1.54) is 12.8 Å². The molecule has 2 nitrogen and oxygen atoms in total. The fourth-order valence-electron chi connectivity index (χ4n) is 2.42. The lowest BCUT2D eigenvalue weighted by Crippen LogP contribution is -2.30. The molecule has 1 N–H and O–H groups in total. The molecule has 1 aromatic carbocycles. The van der Waals surface area contributed by atoms with Crippen molar-refractivity contribution in [2.24, 2.45) is 5.92 Å². The van der Waals surface area contributed by atoms with Gasteiger partial charge in [-0.2, -0.15) is 0 Å². The minimum Gasteiger partial charge on any atom is -0.366 e. The first-order chi connectivity index (χ1) is 9.02. The van der Waals surface area contributed by atoms with Gasteiger partial charge < -0.3 is 10.2 Å². The third-order valence-electron chi connectivity index (χ3n) is 3.76. The van der Waals surface area contributed by atoms with Crippen LogP contribution in [0.15, 0.2) is 18.2 Å². The van der Waals surface area contributed by atoms with Crippen LogP contribution >= 0.6 is 0 Å². The quantitative estimate of drug-likeness (QED) is 0.842. The van der Waals surface area contributed by atoms with E-state index in [9.17, 15) is 4.39 Å². The first-order valence-corrected chi connectivity index (χ1v) is 7.26. The summed E-state index contributed by atoms with van der Waals surface area (Å²) in [5.41, 5.74) is 1.77. The van der Waals surface area contributed by atoms with E-state index in [1.54, 1.807) is 6.07 Å². The predicted octanol–water partition coefficient (Wildman–Crippen LogP) is 3.73. The summed E-state index contributed by atoms with van der Waals surface area (Å²) in [5, 5.41) is 3.14. The van der Waals surface area contributed by atoms with E-state index in [0.717, 1.165) is 17.8 Å². The molecule has 0 aromatic heterocycles. The van der Waals surface area contributed by atoms with Crippen LogP contribution in [-0.2, 0) is 0 Å². The fourth-order valence-corrected chi connectivity index (χ4v) is 2.42. The van der Waals surface area contributed by atoms with Crippen LogP contribution in [0.3, 0.4) is 0 Å². The van der Waals surface area contributed by atoms with Gasteiger partial charge in [-0.05, 0) is 50.4 Å². The van der Waals surface area contributed by atoms with Crippen molar-refractivity contribution in [1.82, 2.24) is 5.32 Å². The largest absolute Gasteiger partial charge is 0.366 e. The molecular formula is C16H25FN2. The van der Waals surface area contributed by atoms with E-state index in [2.05, 4.69) is 24.1 Å². The topological polar surface area (TPSA) is 15.3 Å². The lowest BCUT2D eigenvalue weighted by atomic mass is 10.1. The second kappa shape index (κ2) is 5.91. The van der Waals surface area contributed by atoms with Gasteiger partial charge in [-0.25, -0.2) is 4.39 Å². The molecule has 0 bridgehead atoms. The number of halogens is 1. The van der Waals surface area contributed by atoms with Gasteiger partial charge in [0.25, 0.3) is 0 Å². The molecule has 1 aliphatic rings. The van der Waals surface area contributed by atoms with Gasteiger partial charge in [0.15, 0.2) is 0 Å². The minimum atomic E-state index is -0.0906. The highest BCUT2D eigenvalue weighted by Crippen LogP contribution is 2.34. The van der Waals surface area contributed by atoms with E-state index in [1.807, 2.05) is 26.1 Å². The van der Waals surface area contributed by atoms with Crippen LogP contribution in [0.5, 0.6) is 0 Å². The molecule has 1 aromatic rings. The summed E-state index contributed by atoms with van der Waals surface area (Å²) in [5.74, 6) is 0.461. The average Bonchev–Trinajstić information content (AvgIpc) is 3.19. The summed E-state index contributed by atoms with van der Waals surface area (Å²) in [6, 6.07) is 6.38. The Morgan fingerprint density at radius 3 is 2.47 bits per heavy atom. The molecule has 1 fully saturated rings. The van der Waals surface area contributed by atoms with Gasteiger partial charge in [0.2, 0.25) is 0 Å². The van der Waals surface area contributed by atoms with E-state index in [-0.39, 0.29) is 11.9 Å². The molecule has 1 unspecified atom stereocenters. The molecule has 106 valence electrons. The number of nitrogens with zero attached hydrogens (tertiary/aromatic N) is 1. The lowest BCUT2D eigenvalue weighted by Gasteiger charge is -2.27. The van der Waals surface area contributed by atoms with E-state index < -0.39 is 0 Å². The standard InChI is InChI=1S/C16H25FN2/c1-11(2)10-19(14-6-7-14)16-8-5-13(9-15(16)17)12(3)18-4/h5,8-9,11-12,14,18H,6-7,10H2,1-4H3. The Labute approximate surface area is 116 Å². The smallest absolute Gasteiger partial charge is 0.146 e. The second-order valence-corrected chi connectivity index (χ2v) is 6.00. The van der Waals surface area contributed by atoms with Gasteiger partial charge >= 0.3 is 0 Å². The van der Waals surface area contributed by atoms with Crippen molar-refractivity contribution in [3.63, 3.8) is 0 Å². The van der Waals surface area contributed by atoms with Crippen molar-refractivity contribution >= 4 is 5.69 Å². The van der Waals surface area contributed by atoms with Crippen molar-refractivity contribution < 1.29 is 4.39 Å². The van der Waals surface area contributed by atoms with Crippen LogP contribution < -0.4 is 10.2 Å². The number of hydrogen-bond acceptors (Lipinski definition) is 2. The molecule has 0 radical (unpaired) electrons.